The quantitative estimate of drug-likeness (QED) is 0.567. The molecule has 27 heavy (non-hydrogen) atoms. The summed E-state index contributed by atoms with van der Waals surface area (Å²) in [6.45, 7) is 0.0356. The fraction of sp³-hybridized carbons (Fsp3) is 0.0625. The van der Waals surface area contributed by atoms with Gasteiger partial charge in [-0.25, -0.2) is 18.4 Å². The van der Waals surface area contributed by atoms with Crippen molar-refractivity contribution < 1.29 is 13.2 Å². The van der Waals surface area contributed by atoms with Gasteiger partial charge < -0.3 is 10.3 Å². The maximum absolute atomic E-state index is 12.5. The number of carbonyl (C=O) groups excluding carboxylic acids is 1. The number of nitrogens with zero attached hydrogens (tertiary/aromatic N) is 1. The number of benzene rings is 1. The first-order chi connectivity index (χ1) is 12.8. The van der Waals surface area contributed by atoms with E-state index in [-0.39, 0.29) is 22.7 Å². The molecule has 0 spiro atoms. The summed E-state index contributed by atoms with van der Waals surface area (Å²) >= 11 is 1.37. The standard InChI is InChI=1S/C16H14N4O5S2/c17-27(24,25)12-5-1-3-10(7-12)19-14(21)13-8-18-16(23)20(15(13)22)9-11-4-2-6-26-11/h1-8H,9H2,(H,18,23)(H,19,21)(H2,17,24,25). The average Bonchev–Trinajstić information content (AvgIpc) is 3.11. The van der Waals surface area contributed by atoms with Crippen LogP contribution in [0.1, 0.15) is 15.2 Å². The van der Waals surface area contributed by atoms with E-state index in [2.05, 4.69) is 10.3 Å². The number of anilines is 1. The number of nitrogens with two attached hydrogens (primary N) is 1. The molecule has 0 unspecified atom stereocenters. The lowest BCUT2D eigenvalue weighted by atomic mass is 10.2. The number of rotatable bonds is 5. The molecule has 0 bridgehead atoms. The number of aromatic amines is 1. The molecule has 2 heterocycles. The summed E-state index contributed by atoms with van der Waals surface area (Å²) in [7, 11) is -3.94. The number of thiophene rings is 1. The third-order valence-corrected chi connectivity index (χ3v) is 5.39. The van der Waals surface area contributed by atoms with Gasteiger partial charge in [-0.3, -0.25) is 14.2 Å². The van der Waals surface area contributed by atoms with Crippen LogP contribution >= 0.6 is 11.3 Å². The molecular formula is C16H14N4O5S2. The van der Waals surface area contributed by atoms with E-state index in [1.165, 1.54) is 35.6 Å². The first-order valence-electron chi connectivity index (χ1n) is 7.55. The predicted octanol–water partition coefficient (Wildman–Crippen LogP) is 0.546. The summed E-state index contributed by atoms with van der Waals surface area (Å²) < 4.78 is 23.7. The molecule has 3 rings (SSSR count). The van der Waals surface area contributed by atoms with Crippen LogP contribution in [0.2, 0.25) is 0 Å². The van der Waals surface area contributed by atoms with Crippen LogP contribution in [0.4, 0.5) is 5.69 Å². The number of aromatic nitrogens is 2. The predicted molar refractivity (Wildman–Crippen MR) is 101 cm³/mol. The molecule has 0 aliphatic carbocycles. The zero-order valence-electron chi connectivity index (χ0n) is 13.7. The van der Waals surface area contributed by atoms with E-state index in [0.29, 0.717) is 0 Å². The highest BCUT2D eigenvalue weighted by Gasteiger charge is 2.16. The van der Waals surface area contributed by atoms with Crippen LogP contribution in [0.3, 0.4) is 0 Å². The van der Waals surface area contributed by atoms with Gasteiger partial charge in [0.2, 0.25) is 10.0 Å². The van der Waals surface area contributed by atoms with E-state index in [4.69, 9.17) is 5.14 Å². The first-order valence-corrected chi connectivity index (χ1v) is 9.97. The Morgan fingerprint density at radius 1 is 1.22 bits per heavy atom. The molecule has 0 radical (unpaired) electrons. The third kappa shape index (κ3) is 4.22. The summed E-state index contributed by atoms with van der Waals surface area (Å²) in [6, 6.07) is 8.85. The van der Waals surface area contributed by atoms with Crippen molar-refractivity contribution in [2.24, 2.45) is 5.14 Å². The molecular weight excluding hydrogens is 392 g/mol. The highest BCUT2D eigenvalue weighted by Crippen LogP contribution is 2.14. The maximum Gasteiger partial charge on any atom is 0.328 e. The molecule has 0 saturated carbocycles. The van der Waals surface area contributed by atoms with Gasteiger partial charge in [-0.1, -0.05) is 12.1 Å². The average molecular weight is 406 g/mol. The molecule has 0 atom stereocenters. The lowest BCUT2D eigenvalue weighted by Gasteiger charge is -2.08. The van der Waals surface area contributed by atoms with Crippen LogP contribution in [-0.4, -0.2) is 23.9 Å². The van der Waals surface area contributed by atoms with Crippen molar-refractivity contribution in [3.05, 3.63) is 79.3 Å². The number of hydrogen-bond donors (Lipinski definition) is 3. The topological polar surface area (TPSA) is 144 Å². The molecule has 0 aliphatic heterocycles. The van der Waals surface area contributed by atoms with Gasteiger partial charge in [-0.2, -0.15) is 0 Å². The Morgan fingerprint density at radius 3 is 2.67 bits per heavy atom. The second-order valence-electron chi connectivity index (χ2n) is 5.51. The van der Waals surface area contributed by atoms with E-state index < -0.39 is 27.2 Å². The van der Waals surface area contributed by atoms with Gasteiger partial charge in [-0.05, 0) is 29.6 Å². The molecule has 3 aromatic rings. The van der Waals surface area contributed by atoms with Gasteiger partial charge in [0.25, 0.3) is 11.5 Å². The van der Waals surface area contributed by atoms with E-state index in [1.54, 1.807) is 12.1 Å². The van der Waals surface area contributed by atoms with Gasteiger partial charge in [0.15, 0.2) is 0 Å². The zero-order chi connectivity index (χ0) is 19.6. The van der Waals surface area contributed by atoms with Crippen LogP contribution in [0.5, 0.6) is 0 Å². The maximum atomic E-state index is 12.5. The number of nitrogens with one attached hydrogen (secondary N) is 2. The van der Waals surface area contributed by atoms with Crippen molar-refractivity contribution >= 4 is 33.0 Å². The van der Waals surface area contributed by atoms with E-state index >= 15 is 0 Å². The normalized spacial score (nSPS) is 11.3. The highest BCUT2D eigenvalue weighted by molar-refractivity contribution is 7.89. The van der Waals surface area contributed by atoms with Gasteiger partial charge in [0.1, 0.15) is 5.56 Å². The number of H-pyrrole nitrogens is 1. The second-order valence-corrected chi connectivity index (χ2v) is 8.10. The van der Waals surface area contributed by atoms with Crippen LogP contribution in [0, 0.1) is 0 Å². The summed E-state index contributed by atoms with van der Waals surface area (Å²) in [5, 5.41) is 9.29. The summed E-state index contributed by atoms with van der Waals surface area (Å²) in [4.78, 5) is 39.9. The third-order valence-electron chi connectivity index (χ3n) is 3.62. The number of primary sulfonamides is 1. The van der Waals surface area contributed by atoms with E-state index in [0.717, 1.165) is 15.6 Å². The Hall–Kier alpha value is -3.02. The van der Waals surface area contributed by atoms with Crippen LogP contribution in [0.15, 0.2) is 62.5 Å². The minimum absolute atomic E-state index is 0.0356. The zero-order valence-corrected chi connectivity index (χ0v) is 15.3. The number of amides is 1. The Bertz CT molecular complexity index is 1210. The van der Waals surface area contributed by atoms with Crippen molar-refractivity contribution in [3.8, 4) is 0 Å². The first kappa shape index (κ1) is 18.8. The molecule has 0 aliphatic rings. The van der Waals surface area contributed by atoms with Crippen LogP contribution < -0.4 is 21.7 Å². The van der Waals surface area contributed by atoms with Crippen LogP contribution in [-0.2, 0) is 16.6 Å². The molecule has 11 heteroatoms. The molecule has 0 saturated heterocycles. The fourth-order valence-corrected chi connectivity index (χ4v) is 3.58. The Balaban J connectivity index is 1.92. The lowest BCUT2D eigenvalue weighted by molar-refractivity contribution is 0.102. The number of hydrogen-bond acceptors (Lipinski definition) is 6. The number of carbonyl (C=O) groups is 1. The van der Waals surface area contributed by atoms with Gasteiger partial charge in [0, 0.05) is 16.8 Å². The summed E-state index contributed by atoms with van der Waals surface area (Å²) in [5.74, 6) is -0.789. The lowest BCUT2D eigenvalue weighted by Crippen LogP contribution is -2.39. The van der Waals surface area contributed by atoms with Gasteiger partial charge in [0.05, 0.1) is 11.4 Å². The minimum atomic E-state index is -3.94. The summed E-state index contributed by atoms with van der Waals surface area (Å²) in [6.07, 6.45) is 1.02. The smallest absolute Gasteiger partial charge is 0.322 e. The van der Waals surface area contributed by atoms with Crippen molar-refractivity contribution in [3.63, 3.8) is 0 Å². The Morgan fingerprint density at radius 2 is 2.00 bits per heavy atom. The minimum Gasteiger partial charge on any atom is -0.322 e. The molecule has 9 nitrogen and oxygen atoms in total. The Kier molecular flexibility index (Phi) is 5.08. The SMILES string of the molecule is NS(=O)(=O)c1cccc(NC(=O)c2c[nH]c(=O)n(Cc3cccs3)c2=O)c1. The van der Waals surface area contributed by atoms with Crippen molar-refractivity contribution in [2.45, 2.75) is 11.4 Å². The largest absolute Gasteiger partial charge is 0.328 e. The molecule has 2 aromatic heterocycles. The molecule has 1 amide bonds. The fourth-order valence-electron chi connectivity index (χ4n) is 2.33. The molecule has 4 N–H and O–H groups in total. The second kappa shape index (κ2) is 7.31. The Labute approximate surface area is 157 Å². The highest BCUT2D eigenvalue weighted by atomic mass is 32.2. The van der Waals surface area contributed by atoms with Crippen molar-refractivity contribution in [1.29, 1.82) is 0 Å². The van der Waals surface area contributed by atoms with Gasteiger partial charge >= 0.3 is 5.69 Å². The molecule has 1 aromatic carbocycles. The van der Waals surface area contributed by atoms with Crippen LogP contribution in [0.25, 0.3) is 0 Å². The molecule has 0 fully saturated rings. The van der Waals surface area contributed by atoms with E-state index in [9.17, 15) is 22.8 Å². The van der Waals surface area contributed by atoms with Crippen molar-refractivity contribution in [1.82, 2.24) is 9.55 Å². The van der Waals surface area contributed by atoms with Gasteiger partial charge in [-0.15, -0.1) is 11.3 Å². The number of sulfonamides is 1. The monoisotopic (exact) mass is 406 g/mol. The molecule has 140 valence electrons. The van der Waals surface area contributed by atoms with E-state index in [1.807, 2.05) is 5.38 Å². The van der Waals surface area contributed by atoms with Crippen molar-refractivity contribution in [2.75, 3.05) is 5.32 Å². The summed E-state index contributed by atoms with van der Waals surface area (Å²) in [5.41, 5.74) is -1.54.